The van der Waals surface area contributed by atoms with Gasteiger partial charge < -0.3 is 25.2 Å². The van der Waals surface area contributed by atoms with Gasteiger partial charge >= 0.3 is 12.1 Å². The number of rotatable bonds is 11. The quantitative estimate of drug-likeness (QED) is 0.438. The lowest BCUT2D eigenvalue weighted by Gasteiger charge is -2.22. The summed E-state index contributed by atoms with van der Waals surface area (Å²) in [5, 5.41) is 14.6. The van der Waals surface area contributed by atoms with Crippen LogP contribution in [0.25, 0.3) is 11.1 Å². The Morgan fingerprint density at radius 1 is 1.00 bits per heavy atom. The second-order valence-electron chi connectivity index (χ2n) is 8.82. The molecular weight excluding hydrogens is 436 g/mol. The van der Waals surface area contributed by atoms with Gasteiger partial charge in [0.2, 0.25) is 5.91 Å². The van der Waals surface area contributed by atoms with E-state index in [-0.39, 0.29) is 18.4 Å². The number of carboxylic acids is 1. The van der Waals surface area contributed by atoms with E-state index in [2.05, 4.69) is 22.8 Å². The molecule has 4 rings (SSSR count). The molecule has 180 valence electrons. The third kappa shape index (κ3) is 5.39. The summed E-state index contributed by atoms with van der Waals surface area (Å²) in [4.78, 5) is 37.0. The third-order valence-corrected chi connectivity index (χ3v) is 6.45. The predicted octanol–water partition coefficient (Wildman–Crippen LogP) is 3.30. The second-order valence-corrected chi connectivity index (χ2v) is 8.82. The summed E-state index contributed by atoms with van der Waals surface area (Å²) < 4.78 is 10.6. The molecule has 34 heavy (non-hydrogen) atoms. The second kappa shape index (κ2) is 10.7. The van der Waals surface area contributed by atoms with E-state index in [4.69, 9.17) is 9.47 Å². The predicted molar refractivity (Wildman–Crippen MR) is 125 cm³/mol. The van der Waals surface area contributed by atoms with E-state index in [0.717, 1.165) is 35.1 Å². The number of alkyl carbamates (subject to hydrolysis) is 1. The molecule has 0 spiro atoms. The van der Waals surface area contributed by atoms with E-state index < -0.39 is 30.1 Å². The van der Waals surface area contributed by atoms with Gasteiger partial charge in [0.05, 0.1) is 0 Å². The molecule has 8 nitrogen and oxygen atoms in total. The molecule has 8 heteroatoms. The molecule has 3 N–H and O–H groups in total. The van der Waals surface area contributed by atoms with Crippen molar-refractivity contribution in [3.63, 3.8) is 0 Å². The monoisotopic (exact) mass is 466 g/mol. The highest BCUT2D eigenvalue weighted by Crippen LogP contribution is 2.44. The SMILES string of the molecule is COCCCC(NC(=O)OCC1c2ccccc2-c2ccccc21)C(=O)NC(C(=O)O)C1CC1. The minimum Gasteiger partial charge on any atom is -0.480 e. The Hall–Kier alpha value is -3.39. The summed E-state index contributed by atoms with van der Waals surface area (Å²) in [7, 11) is 1.56. The van der Waals surface area contributed by atoms with Gasteiger partial charge in [-0.25, -0.2) is 9.59 Å². The number of carbonyl (C=O) groups excluding carboxylic acids is 2. The van der Waals surface area contributed by atoms with Crippen molar-refractivity contribution in [3.8, 4) is 11.1 Å². The van der Waals surface area contributed by atoms with Gasteiger partial charge in [0.15, 0.2) is 0 Å². The largest absolute Gasteiger partial charge is 0.480 e. The van der Waals surface area contributed by atoms with Crippen LogP contribution in [0.1, 0.15) is 42.7 Å². The number of hydrogen-bond acceptors (Lipinski definition) is 5. The molecule has 2 aromatic rings. The van der Waals surface area contributed by atoms with Gasteiger partial charge in [-0.1, -0.05) is 48.5 Å². The number of benzene rings is 2. The lowest BCUT2D eigenvalue weighted by Crippen LogP contribution is -2.52. The summed E-state index contributed by atoms with van der Waals surface area (Å²) in [5.41, 5.74) is 4.45. The molecule has 0 aliphatic heterocycles. The molecule has 1 saturated carbocycles. The first-order valence-electron chi connectivity index (χ1n) is 11.6. The first-order chi connectivity index (χ1) is 16.5. The molecular formula is C26H30N2O6. The van der Waals surface area contributed by atoms with Crippen LogP contribution in [-0.4, -0.2) is 55.5 Å². The normalized spacial score (nSPS) is 16.1. The van der Waals surface area contributed by atoms with Crippen LogP contribution in [0.4, 0.5) is 4.79 Å². The molecule has 2 amide bonds. The van der Waals surface area contributed by atoms with Crippen LogP contribution in [0.2, 0.25) is 0 Å². The number of nitrogens with one attached hydrogen (secondary N) is 2. The highest BCUT2D eigenvalue weighted by atomic mass is 16.5. The Labute approximate surface area is 198 Å². The average Bonchev–Trinajstić information content (AvgIpc) is 3.62. The topological polar surface area (TPSA) is 114 Å². The van der Waals surface area contributed by atoms with Crippen molar-refractivity contribution < 1.29 is 29.0 Å². The number of aliphatic carboxylic acids is 1. The summed E-state index contributed by atoms with van der Waals surface area (Å²) in [6.45, 7) is 0.549. The molecule has 0 bridgehead atoms. The fraction of sp³-hybridized carbons (Fsp3) is 0.423. The highest BCUT2D eigenvalue weighted by molar-refractivity contribution is 5.89. The molecule has 1 fully saturated rings. The maximum Gasteiger partial charge on any atom is 0.407 e. The maximum atomic E-state index is 12.8. The maximum absolute atomic E-state index is 12.8. The van der Waals surface area contributed by atoms with Crippen molar-refractivity contribution in [2.75, 3.05) is 20.3 Å². The Morgan fingerprint density at radius 2 is 1.62 bits per heavy atom. The standard InChI is InChI=1S/C26H30N2O6/c1-33-14-6-11-22(24(29)28-23(25(30)31)16-12-13-16)27-26(32)34-15-21-19-9-4-2-7-17(19)18-8-3-5-10-20(18)21/h2-5,7-10,16,21-23H,6,11-15H2,1H3,(H,27,32)(H,28,29)(H,30,31). The van der Waals surface area contributed by atoms with E-state index >= 15 is 0 Å². The number of fused-ring (bicyclic) bond motifs is 3. The van der Waals surface area contributed by atoms with Crippen LogP contribution in [0, 0.1) is 5.92 Å². The van der Waals surface area contributed by atoms with E-state index in [9.17, 15) is 19.5 Å². The van der Waals surface area contributed by atoms with Crippen LogP contribution in [0.5, 0.6) is 0 Å². The third-order valence-electron chi connectivity index (χ3n) is 6.45. The van der Waals surface area contributed by atoms with E-state index in [1.807, 2.05) is 36.4 Å². The van der Waals surface area contributed by atoms with E-state index in [1.54, 1.807) is 7.11 Å². The van der Waals surface area contributed by atoms with Crippen LogP contribution >= 0.6 is 0 Å². The number of amides is 2. The first kappa shape index (κ1) is 23.8. The van der Waals surface area contributed by atoms with Crippen molar-refractivity contribution in [2.45, 2.75) is 43.7 Å². The Kier molecular flexibility index (Phi) is 7.47. The molecule has 2 aliphatic rings. The lowest BCUT2D eigenvalue weighted by atomic mass is 9.98. The molecule has 2 atom stereocenters. The Balaban J connectivity index is 1.40. The zero-order chi connectivity index (χ0) is 24.1. The Morgan fingerprint density at radius 3 is 2.18 bits per heavy atom. The number of methoxy groups -OCH3 is 1. The molecule has 2 aliphatic carbocycles. The van der Waals surface area contributed by atoms with Crippen LogP contribution < -0.4 is 10.6 Å². The van der Waals surface area contributed by atoms with Crippen molar-refractivity contribution in [2.24, 2.45) is 5.92 Å². The highest BCUT2D eigenvalue weighted by Gasteiger charge is 2.38. The van der Waals surface area contributed by atoms with E-state index in [1.165, 1.54) is 0 Å². The lowest BCUT2D eigenvalue weighted by molar-refractivity contribution is -0.142. The van der Waals surface area contributed by atoms with Crippen molar-refractivity contribution in [1.82, 2.24) is 10.6 Å². The van der Waals surface area contributed by atoms with Gasteiger partial charge in [-0.15, -0.1) is 0 Å². The molecule has 0 radical (unpaired) electrons. The first-order valence-corrected chi connectivity index (χ1v) is 11.6. The van der Waals surface area contributed by atoms with Crippen LogP contribution in [-0.2, 0) is 19.1 Å². The zero-order valence-corrected chi connectivity index (χ0v) is 19.2. The van der Waals surface area contributed by atoms with Crippen molar-refractivity contribution >= 4 is 18.0 Å². The Bertz CT molecular complexity index is 1010. The van der Waals surface area contributed by atoms with Gasteiger partial charge in [-0.2, -0.15) is 0 Å². The zero-order valence-electron chi connectivity index (χ0n) is 19.2. The van der Waals surface area contributed by atoms with Gasteiger partial charge in [0, 0.05) is 19.6 Å². The molecule has 2 unspecified atom stereocenters. The number of hydrogen-bond donors (Lipinski definition) is 3. The fourth-order valence-electron chi connectivity index (χ4n) is 4.55. The number of ether oxygens (including phenoxy) is 2. The summed E-state index contributed by atoms with van der Waals surface area (Å²) in [6, 6.07) is 14.2. The van der Waals surface area contributed by atoms with Gasteiger partial charge in [-0.05, 0) is 53.9 Å². The van der Waals surface area contributed by atoms with Gasteiger partial charge in [0.25, 0.3) is 0 Å². The molecule has 0 aromatic heterocycles. The van der Waals surface area contributed by atoms with Crippen LogP contribution in [0.15, 0.2) is 48.5 Å². The van der Waals surface area contributed by atoms with Gasteiger partial charge in [-0.3, -0.25) is 4.79 Å². The average molecular weight is 467 g/mol. The number of carboxylic acid groups (broad SMARTS) is 1. The van der Waals surface area contributed by atoms with Gasteiger partial charge in [0.1, 0.15) is 18.7 Å². The summed E-state index contributed by atoms with van der Waals surface area (Å²) in [5.74, 6) is -1.74. The number of carbonyl (C=O) groups is 3. The van der Waals surface area contributed by atoms with Crippen molar-refractivity contribution in [1.29, 1.82) is 0 Å². The summed E-state index contributed by atoms with van der Waals surface area (Å²) in [6.07, 6.45) is 1.66. The minimum atomic E-state index is -1.06. The molecule has 2 aromatic carbocycles. The van der Waals surface area contributed by atoms with Crippen molar-refractivity contribution in [3.05, 3.63) is 59.7 Å². The van der Waals surface area contributed by atoms with E-state index in [0.29, 0.717) is 19.4 Å². The minimum absolute atomic E-state index is 0.0597. The fourth-order valence-corrected chi connectivity index (χ4v) is 4.55. The summed E-state index contributed by atoms with van der Waals surface area (Å²) >= 11 is 0. The smallest absolute Gasteiger partial charge is 0.407 e. The molecule has 0 saturated heterocycles. The molecule has 0 heterocycles. The van der Waals surface area contributed by atoms with Crippen LogP contribution in [0.3, 0.4) is 0 Å².